The van der Waals surface area contributed by atoms with Crippen LogP contribution in [0.3, 0.4) is 0 Å². The number of anilines is 1. The summed E-state index contributed by atoms with van der Waals surface area (Å²) in [6, 6.07) is 1.62. The van der Waals surface area contributed by atoms with Crippen molar-refractivity contribution in [3.63, 3.8) is 0 Å². The van der Waals surface area contributed by atoms with Gasteiger partial charge in [0.25, 0.3) is 0 Å². The molecule has 3 N–H and O–H groups in total. The van der Waals surface area contributed by atoms with Crippen LogP contribution in [-0.2, 0) is 6.54 Å². The van der Waals surface area contributed by atoms with Crippen LogP contribution >= 0.6 is 23.4 Å². The summed E-state index contributed by atoms with van der Waals surface area (Å²) < 4.78 is 1.55. The number of rotatable bonds is 4. The van der Waals surface area contributed by atoms with E-state index in [9.17, 15) is 4.79 Å². The number of aromatic nitrogens is 4. The van der Waals surface area contributed by atoms with E-state index in [0.717, 1.165) is 6.42 Å². The Hall–Kier alpha value is -1.47. The lowest BCUT2D eigenvalue weighted by atomic mass is 10.4. The van der Waals surface area contributed by atoms with E-state index in [-0.39, 0.29) is 5.69 Å². The number of hydrogen-bond donors (Lipinski definition) is 2. The van der Waals surface area contributed by atoms with Crippen LogP contribution in [0.15, 0.2) is 27.2 Å². The first-order valence-electron chi connectivity index (χ1n) is 5.36. The fraction of sp³-hybridized carbons (Fsp3) is 0.300. The number of nitrogen functional groups attached to an aromatic ring is 1. The Bertz CT molecular complexity index is 609. The number of aromatic amines is 1. The van der Waals surface area contributed by atoms with Crippen LogP contribution in [0, 0.1) is 0 Å². The minimum Gasteiger partial charge on any atom is -0.397 e. The maximum Gasteiger partial charge on any atom is 0.343 e. The molecule has 0 aromatic carbocycles. The summed E-state index contributed by atoms with van der Waals surface area (Å²) in [5.74, 6) is 0. The quantitative estimate of drug-likeness (QED) is 0.893. The molecule has 0 saturated carbocycles. The van der Waals surface area contributed by atoms with Gasteiger partial charge in [-0.15, -0.1) is 5.10 Å². The normalized spacial score (nSPS) is 10.8. The van der Waals surface area contributed by atoms with Crippen LogP contribution in [0.2, 0.25) is 5.02 Å². The summed E-state index contributed by atoms with van der Waals surface area (Å²) in [5.41, 5.74) is 5.84. The first kappa shape index (κ1) is 13.0. The second kappa shape index (κ2) is 5.45. The predicted octanol–water partition coefficient (Wildman–Crippen LogP) is 1.76. The van der Waals surface area contributed by atoms with E-state index in [4.69, 9.17) is 17.3 Å². The molecule has 0 spiro atoms. The molecule has 0 atom stereocenters. The number of H-pyrrole nitrogens is 1. The molecule has 0 bridgehead atoms. The minimum atomic E-state index is -0.231. The standard InChI is InChI=1S/C10H12ClN5OS/c1-2-3-16-9(17)14-15-10(16)18-8-7(11)4-6(12)5-13-8/h4-5H,2-3,12H2,1H3,(H,14,17). The lowest BCUT2D eigenvalue weighted by Gasteiger charge is -2.04. The molecule has 0 unspecified atom stereocenters. The zero-order valence-corrected chi connectivity index (χ0v) is 11.3. The fourth-order valence-electron chi connectivity index (χ4n) is 1.40. The first-order valence-corrected chi connectivity index (χ1v) is 6.55. The molecule has 0 aliphatic rings. The van der Waals surface area contributed by atoms with E-state index in [1.165, 1.54) is 18.0 Å². The molecule has 0 aliphatic heterocycles. The van der Waals surface area contributed by atoms with Crippen molar-refractivity contribution in [3.05, 3.63) is 27.8 Å². The van der Waals surface area contributed by atoms with E-state index in [1.54, 1.807) is 10.6 Å². The van der Waals surface area contributed by atoms with Gasteiger partial charge in [0.05, 0.1) is 16.9 Å². The van der Waals surface area contributed by atoms with Gasteiger partial charge in [-0.25, -0.2) is 14.9 Å². The molecule has 2 aromatic heterocycles. The van der Waals surface area contributed by atoms with Gasteiger partial charge in [-0.05, 0) is 24.2 Å². The number of nitrogens with zero attached hydrogens (tertiary/aromatic N) is 3. The lowest BCUT2D eigenvalue weighted by Crippen LogP contribution is -2.17. The highest BCUT2D eigenvalue weighted by Gasteiger charge is 2.12. The Balaban J connectivity index is 2.31. The van der Waals surface area contributed by atoms with Crippen LogP contribution in [-0.4, -0.2) is 19.7 Å². The third kappa shape index (κ3) is 2.68. The van der Waals surface area contributed by atoms with Gasteiger partial charge in [0.1, 0.15) is 5.03 Å². The lowest BCUT2D eigenvalue weighted by molar-refractivity contribution is 0.603. The molecule has 6 nitrogen and oxygen atoms in total. The number of nitrogens with one attached hydrogen (secondary N) is 1. The number of pyridine rings is 1. The van der Waals surface area contributed by atoms with Crippen LogP contribution < -0.4 is 11.4 Å². The summed E-state index contributed by atoms with van der Waals surface area (Å²) >= 11 is 7.26. The topological polar surface area (TPSA) is 89.6 Å². The third-order valence-electron chi connectivity index (χ3n) is 2.19. The van der Waals surface area contributed by atoms with Gasteiger partial charge in [0.15, 0.2) is 5.16 Å². The summed E-state index contributed by atoms with van der Waals surface area (Å²) in [6.07, 6.45) is 2.36. The molecular weight excluding hydrogens is 274 g/mol. The maximum atomic E-state index is 11.5. The van der Waals surface area contributed by atoms with E-state index in [2.05, 4.69) is 15.2 Å². The van der Waals surface area contributed by atoms with Crippen molar-refractivity contribution in [1.29, 1.82) is 0 Å². The van der Waals surface area contributed by atoms with Gasteiger partial charge < -0.3 is 5.73 Å². The predicted molar refractivity (Wildman–Crippen MR) is 70.9 cm³/mol. The largest absolute Gasteiger partial charge is 0.397 e. The minimum absolute atomic E-state index is 0.231. The summed E-state index contributed by atoms with van der Waals surface area (Å²) in [6.45, 7) is 2.59. The molecular formula is C10H12ClN5OS. The molecule has 0 amide bonds. The fourth-order valence-corrected chi connectivity index (χ4v) is 2.50. The van der Waals surface area contributed by atoms with Crippen LogP contribution in [0.25, 0.3) is 0 Å². The second-order valence-corrected chi connectivity index (χ2v) is 4.98. The average molecular weight is 286 g/mol. The maximum absolute atomic E-state index is 11.5. The molecule has 2 rings (SSSR count). The van der Waals surface area contributed by atoms with Crippen LogP contribution in [0.1, 0.15) is 13.3 Å². The molecule has 0 radical (unpaired) electrons. The monoisotopic (exact) mass is 285 g/mol. The SMILES string of the molecule is CCCn1c(Sc2ncc(N)cc2Cl)n[nH]c1=O. The molecule has 0 aliphatic carbocycles. The second-order valence-electron chi connectivity index (χ2n) is 3.62. The summed E-state index contributed by atoms with van der Waals surface area (Å²) in [4.78, 5) is 15.6. The smallest absolute Gasteiger partial charge is 0.343 e. The van der Waals surface area contributed by atoms with Gasteiger partial charge in [0, 0.05) is 6.54 Å². The van der Waals surface area contributed by atoms with Gasteiger partial charge in [-0.1, -0.05) is 18.5 Å². The third-order valence-corrected chi connectivity index (χ3v) is 3.60. The van der Waals surface area contributed by atoms with Crippen molar-refractivity contribution >= 4 is 29.1 Å². The Morgan fingerprint density at radius 1 is 1.61 bits per heavy atom. The first-order chi connectivity index (χ1) is 8.61. The molecule has 8 heteroatoms. The van der Waals surface area contributed by atoms with Gasteiger partial charge in [0.2, 0.25) is 0 Å². The Morgan fingerprint density at radius 2 is 2.39 bits per heavy atom. The number of hydrogen-bond acceptors (Lipinski definition) is 5. The molecule has 0 fully saturated rings. The average Bonchev–Trinajstić information content (AvgIpc) is 2.66. The van der Waals surface area contributed by atoms with Crippen molar-refractivity contribution < 1.29 is 0 Å². The molecule has 96 valence electrons. The van der Waals surface area contributed by atoms with Gasteiger partial charge >= 0.3 is 5.69 Å². The highest BCUT2D eigenvalue weighted by Crippen LogP contribution is 2.30. The molecule has 2 aromatic rings. The van der Waals surface area contributed by atoms with E-state index in [0.29, 0.717) is 27.4 Å². The number of halogens is 1. The highest BCUT2D eigenvalue weighted by molar-refractivity contribution is 7.99. The van der Waals surface area contributed by atoms with Crippen LogP contribution in [0.5, 0.6) is 0 Å². The van der Waals surface area contributed by atoms with Crippen molar-refractivity contribution in [3.8, 4) is 0 Å². The Morgan fingerprint density at radius 3 is 3.06 bits per heavy atom. The Labute approximate surface area is 113 Å². The molecule has 18 heavy (non-hydrogen) atoms. The van der Waals surface area contributed by atoms with Crippen LogP contribution in [0.4, 0.5) is 5.69 Å². The van der Waals surface area contributed by atoms with Crippen molar-refractivity contribution in [2.45, 2.75) is 30.1 Å². The highest BCUT2D eigenvalue weighted by atomic mass is 35.5. The van der Waals surface area contributed by atoms with Gasteiger partial charge in [-0.2, -0.15) is 0 Å². The zero-order chi connectivity index (χ0) is 13.1. The van der Waals surface area contributed by atoms with Crippen molar-refractivity contribution in [1.82, 2.24) is 19.7 Å². The van der Waals surface area contributed by atoms with Gasteiger partial charge in [-0.3, -0.25) is 4.57 Å². The molecule has 0 saturated heterocycles. The van der Waals surface area contributed by atoms with E-state index >= 15 is 0 Å². The van der Waals surface area contributed by atoms with Crippen molar-refractivity contribution in [2.24, 2.45) is 0 Å². The summed E-state index contributed by atoms with van der Waals surface area (Å²) in [7, 11) is 0. The van der Waals surface area contributed by atoms with E-state index in [1.807, 2.05) is 6.92 Å². The molecule has 2 heterocycles. The Kier molecular flexibility index (Phi) is 3.93. The zero-order valence-electron chi connectivity index (χ0n) is 9.68. The van der Waals surface area contributed by atoms with Crippen molar-refractivity contribution in [2.75, 3.05) is 5.73 Å². The number of nitrogens with two attached hydrogens (primary N) is 1. The van der Waals surface area contributed by atoms with E-state index < -0.39 is 0 Å². The summed E-state index contributed by atoms with van der Waals surface area (Å²) in [5, 5.41) is 7.92.